The number of carbonyl (C=O) groups excluding carboxylic acids is 2. The highest BCUT2D eigenvalue weighted by Gasteiger charge is 2.40. The Morgan fingerprint density at radius 1 is 1.40 bits per heavy atom. The quantitative estimate of drug-likeness (QED) is 0.685. The van der Waals surface area contributed by atoms with Crippen molar-refractivity contribution in [3.05, 3.63) is 0 Å². The van der Waals surface area contributed by atoms with Crippen LogP contribution >= 0.6 is 11.8 Å². The SMILES string of the molecule is CCC1SCC(C(=O)O)N1C(=O)NCC(=O)NC(C)C. The zero-order valence-corrected chi connectivity index (χ0v) is 12.7. The number of carbonyl (C=O) groups is 3. The number of amides is 3. The van der Waals surface area contributed by atoms with Crippen LogP contribution in [0.15, 0.2) is 0 Å². The van der Waals surface area contributed by atoms with Crippen molar-refractivity contribution in [2.24, 2.45) is 0 Å². The van der Waals surface area contributed by atoms with Gasteiger partial charge in [-0.1, -0.05) is 6.92 Å². The van der Waals surface area contributed by atoms with Gasteiger partial charge in [0.1, 0.15) is 6.04 Å². The number of aliphatic carboxylic acids is 1. The zero-order chi connectivity index (χ0) is 15.3. The molecule has 0 aromatic heterocycles. The van der Waals surface area contributed by atoms with Gasteiger partial charge in [0.05, 0.1) is 11.9 Å². The van der Waals surface area contributed by atoms with Crippen LogP contribution in [0.25, 0.3) is 0 Å². The van der Waals surface area contributed by atoms with Crippen LogP contribution in [0, 0.1) is 0 Å². The molecule has 114 valence electrons. The summed E-state index contributed by atoms with van der Waals surface area (Å²) in [6.07, 6.45) is 0.667. The maximum Gasteiger partial charge on any atom is 0.327 e. The molecule has 0 bridgehead atoms. The normalized spacial score (nSPS) is 21.9. The largest absolute Gasteiger partial charge is 0.480 e. The summed E-state index contributed by atoms with van der Waals surface area (Å²) in [5.41, 5.74) is 0. The summed E-state index contributed by atoms with van der Waals surface area (Å²) < 4.78 is 0. The first-order chi connectivity index (χ1) is 9.36. The van der Waals surface area contributed by atoms with E-state index in [1.54, 1.807) is 0 Å². The lowest BCUT2D eigenvalue weighted by Crippen LogP contribution is -2.52. The predicted octanol–water partition coefficient (Wildman–Crippen LogP) is 0.459. The van der Waals surface area contributed by atoms with Gasteiger partial charge in [0, 0.05) is 11.8 Å². The molecular weight excluding hydrogens is 282 g/mol. The van der Waals surface area contributed by atoms with E-state index in [2.05, 4.69) is 10.6 Å². The summed E-state index contributed by atoms with van der Waals surface area (Å²) in [7, 11) is 0. The van der Waals surface area contributed by atoms with E-state index in [1.807, 2.05) is 20.8 Å². The molecule has 0 aromatic rings. The molecule has 1 heterocycles. The zero-order valence-electron chi connectivity index (χ0n) is 11.9. The Morgan fingerprint density at radius 3 is 2.55 bits per heavy atom. The number of hydrogen-bond donors (Lipinski definition) is 3. The number of nitrogens with zero attached hydrogens (tertiary/aromatic N) is 1. The Kier molecular flexibility index (Phi) is 6.12. The molecule has 0 spiro atoms. The van der Waals surface area contributed by atoms with Gasteiger partial charge in [-0.05, 0) is 20.3 Å². The van der Waals surface area contributed by atoms with E-state index < -0.39 is 18.0 Å². The summed E-state index contributed by atoms with van der Waals surface area (Å²) in [5.74, 6) is -0.935. The molecule has 7 nitrogen and oxygen atoms in total. The minimum atomic E-state index is -1.02. The molecule has 1 aliphatic rings. The fourth-order valence-corrected chi connectivity index (χ4v) is 3.31. The van der Waals surface area contributed by atoms with Gasteiger partial charge in [-0.3, -0.25) is 9.69 Å². The first-order valence-corrected chi connectivity index (χ1v) is 7.61. The van der Waals surface area contributed by atoms with Gasteiger partial charge in [-0.25, -0.2) is 9.59 Å². The first-order valence-electron chi connectivity index (χ1n) is 6.56. The number of thioether (sulfide) groups is 1. The Labute approximate surface area is 122 Å². The molecule has 1 fully saturated rings. The lowest BCUT2D eigenvalue weighted by molar-refractivity contribution is -0.141. The van der Waals surface area contributed by atoms with E-state index in [0.717, 1.165) is 0 Å². The van der Waals surface area contributed by atoms with Crippen molar-refractivity contribution < 1.29 is 19.5 Å². The number of carboxylic acids is 1. The first kappa shape index (κ1) is 16.6. The molecule has 3 N–H and O–H groups in total. The number of carboxylic acid groups (broad SMARTS) is 1. The van der Waals surface area contributed by atoms with E-state index in [1.165, 1.54) is 16.7 Å². The van der Waals surface area contributed by atoms with Crippen LogP contribution in [0.4, 0.5) is 4.79 Å². The van der Waals surface area contributed by atoms with Crippen molar-refractivity contribution in [3.63, 3.8) is 0 Å². The lowest BCUT2D eigenvalue weighted by Gasteiger charge is -2.26. The van der Waals surface area contributed by atoms with Crippen molar-refractivity contribution in [2.75, 3.05) is 12.3 Å². The van der Waals surface area contributed by atoms with Crippen LogP contribution in [-0.4, -0.2) is 57.7 Å². The highest BCUT2D eigenvalue weighted by molar-refractivity contribution is 8.00. The Hall–Kier alpha value is -1.44. The maximum atomic E-state index is 12.1. The fraction of sp³-hybridized carbons (Fsp3) is 0.750. The summed E-state index contributed by atoms with van der Waals surface area (Å²) in [5, 5.41) is 14.1. The van der Waals surface area contributed by atoms with Crippen LogP contribution in [0.5, 0.6) is 0 Å². The van der Waals surface area contributed by atoms with Crippen molar-refractivity contribution >= 4 is 29.7 Å². The Morgan fingerprint density at radius 2 is 2.05 bits per heavy atom. The van der Waals surface area contributed by atoms with Crippen molar-refractivity contribution in [1.82, 2.24) is 15.5 Å². The topological polar surface area (TPSA) is 98.7 Å². The van der Waals surface area contributed by atoms with Crippen molar-refractivity contribution in [2.45, 2.75) is 44.6 Å². The van der Waals surface area contributed by atoms with Gasteiger partial charge in [-0.2, -0.15) is 0 Å². The van der Waals surface area contributed by atoms with E-state index in [4.69, 9.17) is 5.11 Å². The molecule has 0 aliphatic carbocycles. The number of rotatable bonds is 5. The molecule has 8 heteroatoms. The van der Waals surface area contributed by atoms with E-state index in [0.29, 0.717) is 12.2 Å². The monoisotopic (exact) mass is 303 g/mol. The molecule has 1 rings (SSSR count). The average molecular weight is 303 g/mol. The molecule has 1 saturated heterocycles. The highest BCUT2D eigenvalue weighted by Crippen LogP contribution is 2.31. The Bertz CT molecular complexity index is 389. The van der Waals surface area contributed by atoms with E-state index in [9.17, 15) is 14.4 Å². The van der Waals surface area contributed by atoms with E-state index >= 15 is 0 Å². The van der Waals surface area contributed by atoms with Crippen LogP contribution in [0.1, 0.15) is 27.2 Å². The third-order valence-electron chi connectivity index (χ3n) is 2.81. The molecular formula is C12H21N3O4S. The maximum absolute atomic E-state index is 12.1. The van der Waals surface area contributed by atoms with Gasteiger partial charge >= 0.3 is 12.0 Å². The van der Waals surface area contributed by atoms with Gasteiger partial charge < -0.3 is 15.7 Å². The molecule has 1 aliphatic heterocycles. The molecule has 2 unspecified atom stereocenters. The minimum Gasteiger partial charge on any atom is -0.480 e. The second-order valence-electron chi connectivity index (χ2n) is 4.84. The fourth-order valence-electron chi connectivity index (χ4n) is 1.96. The van der Waals surface area contributed by atoms with E-state index in [-0.39, 0.29) is 23.9 Å². The summed E-state index contributed by atoms with van der Waals surface area (Å²) in [4.78, 5) is 36.0. The van der Waals surface area contributed by atoms with Crippen LogP contribution in [0.2, 0.25) is 0 Å². The lowest BCUT2D eigenvalue weighted by atomic mass is 10.3. The predicted molar refractivity (Wildman–Crippen MR) is 76.5 cm³/mol. The second-order valence-corrected chi connectivity index (χ2v) is 6.05. The number of urea groups is 1. The number of hydrogen-bond acceptors (Lipinski definition) is 4. The molecule has 0 radical (unpaired) electrons. The van der Waals surface area contributed by atoms with Gasteiger partial charge in [0.15, 0.2) is 0 Å². The average Bonchev–Trinajstić information content (AvgIpc) is 2.78. The Balaban J connectivity index is 2.59. The summed E-state index contributed by atoms with van der Waals surface area (Å²) in [6, 6.07) is -1.34. The smallest absolute Gasteiger partial charge is 0.327 e. The van der Waals surface area contributed by atoms with Crippen LogP contribution < -0.4 is 10.6 Å². The van der Waals surface area contributed by atoms with Crippen molar-refractivity contribution in [3.8, 4) is 0 Å². The molecule has 20 heavy (non-hydrogen) atoms. The van der Waals surface area contributed by atoms with Gasteiger partial charge in [-0.15, -0.1) is 11.8 Å². The molecule has 3 amide bonds. The molecule has 0 saturated carbocycles. The minimum absolute atomic E-state index is 0.00287. The highest BCUT2D eigenvalue weighted by atomic mass is 32.2. The standard InChI is InChI=1S/C12H21N3O4S/c1-4-10-15(8(6-20-10)11(17)18)12(19)13-5-9(16)14-7(2)3/h7-8,10H,4-6H2,1-3H3,(H,13,19)(H,14,16)(H,17,18). The number of nitrogens with one attached hydrogen (secondary N) is 2. The van der Waals surface area contributed by atoms with Crippen molar-refractivity contribution in [1.29, 1.82) is 0 Å². The molecule has 0 aromatic carbocycles. The third-order valence-corrected chi connectivity index (χ3v) is 4.26. The van der Waals surface area contributed by atoms with Crippen LogP contribution in [-0.2, 0) is 9.59 Å². The van der Waals surface area contributed by atoms with Gasteiger partial charge in [0.25, 0.3) is 0 Å². The third kappa shape index (κ3) is 4.29. The van der Waals surface area contributed by atoms with Crippen LogP contribution in [0.3, 0.4) is 0 Å². The molecule has 2 atom stereocenters. The summed E-state index contributed by atoms with van der Waals surface area (Å²) in [6.45, 7) is 5.39. The second kappa shape index (κ2) is 7.37. The van der Waals surface area contributed by atoms with Gasteiger partial charge in [0.2, 0.25) is 5.91 Å². The summed E-state index contributed by atoms with van der Waals surface area (Å²) >= 11 is 1.44.